The number of ether oxygens (including phenoxy) is 2. The van der Waals surface area contributed by atoms with Crippen molar-refractivity contribution >= 4 is 40.7 Å². The van der Waals surface area contributed by atoms with Gasteiger partial charge in [0.2, 0.25) is 5.95 Å². The highest BCUT2D eigenvalue weighted by Crippen LogP contribution is 2.38. The van der Waals surface area contributed by atoms with E-state index in [1.54, 1.807) is 12.1 Å². The van der Waals surface area contributed by atoms with Gasteiger partial charge in [-0.1, -0.05) is 23.2 Å². The van der Waals surface area contributed by atoms with Gasteiger partial charge in [0, 0.05) is 6.07 Å². The summed E-state index contributed by atoms with van der Waals surface area (Å²) in [5, 5.41) is 3.76. The van der Waals surface area contributed by atoms with Crippen LogP contribution in [0, 0.1) is 0 Å². The minimum Gasteiger partial charge on any atom is -0.495 e. The predicted molar refractivity (Wildman–Crippen MR) is 82.7 cm³/mol. The number of nitrogens with two attached hydrogens (primary N) is 1. The fourth-order valence-electron chi connectivity index (χ4n) is 1.61. The summed E-state index contributed by atoms with van der Waals surface area (Å²) >= 11 is 12.1. The molecule has 0 spiro atoms. The second-order valence-electron chi connectivity index (χ2n) is 3.85. The first-order chi connectivity index (χ1) is 10.1. The predicted octanol–water partition coefficient (Wildman–Crippen LogP) is 2.83. The SMILES string of the molecule is COc1cc(OC)c(Nc2nc(NN)ncc2Cl)cc1Cl. The van der Waals surface area contributed by atoms with Gasteiger partial charge in [-0.3, -0.25) is 5.43 Å². The molecule has 1 aromatic carbocycles. The fourth-order valence-corrected chi connectivity index (χ4v) is 1.99. The lowest BCUT2D eigenvalue weighted by atomic mass is 10.2. The van der Waals surface area contributed by atoms with Crippen molar-refractivity contribution in [2.75, 3.05) is 25.0 Å². The Morgan fingerprint density at radius 3 is 2.43 bits per heavy atom. The van der Waals surface area contributed by atoms with Gasteiger partial charge in [-0.05, 0) is 6.07 Å². The molecule has 4 N–H and O–H groups in total. The van der Waals surface area contributed by atoms with Crippen molar-refractivity contribution in [3.63, 3.8) is 0 Å². The number of anilines is 3. The van der Waals surface area contributed by atoms with Crippen molar-refractivity contribution in [3.8, 4) is 11.5 Å². The minimum absolute atomic E-state index is 0.223. The largest absolute Gasteiger partial charge is 0.495 e. The van der Waals surface area contributed by atoms with E-state index in [9.17, 15) is 0 Å². The van der Waals surface area contributed by atoms with Crippen LogP contribution in [0.25, 0.3) is 0 Å². The summed E-state index contributed by atoms with van der Waals surface area (Å²) in [5.41, 5.74) is 2.92. The maximum absolute atomic E-state index is 6.10. The molecule has 2 rings (SSSR count). The summed E-state index contributed by atoms with van der Waals surface area (Å²) in [5.74, 6) is 6.87. The van der Waals surface area contributed by atoms with Gasteiger partial charge in [-0.15, -0.1) is 0 Å². The van der Waals surface area contributed by atoms with E-state index in [0.717, 1.165) is 0 Å². The number of halogens is 2. The first-order valence-corrected chi connectivity index (χ1v) is 6.52. The summed E-state index contributed by atoms with van der Waals surface area (Å²) in [4.78, 5) is 8.00. The third kappa shape index (κ3) is 3.38. The zero-order chi connectivity index (χ0) is 15.4. The van der Waals surface area contributed by atoms with Crippen LogP contribution in [0.1, 0.15) is 0 Å². The molecule has 9 heteroatoms. The molecular weight excluding hydrogens is 317 g/mol. The molecule has 0 amide bonds. The summed E-state index contributed by atoms with van der Waals surface area (Å²) in [7, 11) is 3.05. The van der Waals surface area contributed by atoms with E-state index in [0.29, 0.717) is 33.0 Å². The van der Waals surface area contributed by atoms with Gasteiger partial charge in [-0.25, -0.2) is 10.8 Å². The van der Waals surface area contributed by atoms with Crippen LogP contribution in [0.4, 0.5) is 17.5 Å². The fraction of sp³-hybridized carbons (Fsp3) is 0.167. The molecule has 0 saturated carbocycles. The molecular formula is C12H13Cl2N5O2. The van der Waals surface area contributed by atoms with Gasteiger partial charge in [0.15, 0.2) is 5.82 Å². The Balaban J connectivity index is 2.41. The van der Waals surface area contributed by atoms with Gasteiger partial charge in [0.05, 0.1) is 31.1 Å². The molecule has 112 valence electrons. The first kappa shape index (κ1) is 15.4. The van der Waals surface area contributed by atoms with Crippen LogP contribution in [0.3, 0.4) is 0 Å². The highest BCUT2D eigenvalue weighted by atomic mass is 35.5. The summed E-state index contributed by atoms with van der Waals surface area (Å²) in [6.07, 6.45) is 1.42. The van der Waals surface area contributed by atoms with Gasteiger partial charge in [-0.2, -0.15) is 4.98 Å². The summed E-state index contributed by atoms with van der Waals surface area (Å²) in [6, 6.07) is 3.30. The molecule has 1 aromatic heterocycles. The zero-order valence-electron chi connectivity index (χ0n) is 11.3. The minimum atomic E-state index is 0.223. The lowest BCUT2D eigenvalue weighted by Gasteiger charge is -2.14. The lowest BCUT2D eigenvalue weighted by molar-refractivity contribution is 0.396. The quantitative estimate of drug-likeness (QED) is 0.573. The highest BCUT2D eigenvalue weighted by molar-refractivity contribution is 6.33. The van der Waals surface area contributed by atoms with Gasteiger partial charge in [0.1, 0.15) is 16.5 Å². The molecule has 0 aliphatic heterocycles. The number of nitrogen functional groups attached to an aromatic ring is 1. The average Bonchev–Trinajstić information content (AvgIpc) is 2.49. The number of hydrogen-bond acceptors (Lipinski definition) is 7. The van der Waals surface area contributed by atoms with E-state index in [2.05, 4.69) is 20.7 Å². The van der Waals surface area contributed by atoms with Crippen molar-refractivity contribution in [3.05, 3.63) is 28.4 Å². The van der Waals surface area contributed by atoms with Crippen molar-refractivity contribution in [2.45, 2.75) is 0 Å². The molecule has 0 aliphatic rings. The van der Waals surface area contributed by atoms with Crippen LogP contribution >= 0.6 is 23.2 Å². The molecule has 0 unspecified atom stereocenters. The number of methoxy groups -OCH3 is 2. The normalized spacial score (nSPS) is 10.1. The summed E-state index contributed by atoms with van der Waals surface area (Å²) < 4.78 is 10.4. The van der Waals surface area contributed by atoms with Gasteiger partial charge < -0.3 is 14.8 Å². The van der Waals surface area contributed by atoms with E-state index in [1.807, 2.05) is 0 Å². The van der Waals surface area contributed by atoms with E-state index in [4.69, 9.17) is 38.5 Å². The van der Waals surface area contributed by atoms with Gasteiger partial charge in [0.25, 0.3) is 0 Å². The third-order valence-electron chi connectivity index (χ3n) is 2.60. The van der Waals surface area contributed by atoms with Crippen molar-refractivity contribution in [1.82, 2.24) is 9.97 Å². The standard InChI is InChI=1S/C12H13Cl2N5O2/c1-20-9-4-10(21-2)8(3-6(9)13)17-11-7(14)5-16-12(18-11)19-15/h3-5H,15H2,1-2H3,(H2,16,17,18,19). The van der Waals surface area contributed by atoms with Crippen LogP contribution in [-0.2, 0) is 0 Å². The van der Waals surface area contributed by atoms with Crippen molar-refractivity contribution in [2.24, 2.45) is 5.84 Å². The number of hydrazine groups is 1. The third-order valence-corrected chi connectivity index (χ3v) is 3.17. The number of rotatable bonds is 5. The number of nitrogens with one attached hydrogen (secondary N) is 2. The van der Waals surface area contributed by atoms with Crippen LogP contribution in [0.2, 0.25) is 10.0 Å². The molecule has 0 bridgehead atoms. The topological polar surface area (TPSA) is 94.3 Å². The smallest absolute Gasteiger partial charge is 0.239 e. The molecule has 21 heavy (non-hydrogen) atoms. The van der Waals surface area contributed by atoms with E-state index < -0.39 is 0 Å². The Kier molecular flexibility index (Phi) is 4.89. The van der Waals surface area contributed by atoms with Gasteiger partial charge >= 0.3 is 0 Å². The Labute approximate surface area is 131 Å². The Morgan fingerprint density at radius 2 is 1.81 bits per heavy atom. The molecule has 7 nitrogen and oxygen atoms in total. The molecule has 0 radical (unpaired) electrons. The number of aromatic nitrogens is 2. The summed E-state index contributed by atoms with van der Waals surface area (Å²) in [6.45, 7) is 0. The lowest BCUT2D eigenvalue weighted by Crippen LogP contribution is -2.11. The molecule has 0 fully saturated rings. The van der Waals surface area contributed by atoms with Crippen LogP contribution in [0.5, 0.6) is 11.5 Å². The number of nitrogens with zero attached hydrogens (tertiary/aromatic N) is 2. The van der Waals surface area contributed by atoms with Crippen LogP contribution in [0.15, 0.2) is 18.3 Å². The van der Waals surface area contributed by atoms with Crippen molar-refractivity contribution in [1.29, 1.82) is 0 Å². The second kappa shape index (κ2) is 6.66. The van der Waals surface area contributed by atoms with E-state index >= 15 is 0 Å². The number of benzene rings is 1. The molecule has 2 aromatic rings. The maximum atomic E-state index is 6.10. The van der Waals surface area contributed by atoms with Crippen molar-refractivity contribution < 1.29 is 9.47 Å². The Bertz CT molecular complexity index is 654. The van der Waals surface area contributed by atoms with Crippen LogP contribution < -0.4 is 26.1 Å². The van der Waals surface area contributed by atoms with E-state index in [1.165, 1.54) is 20.4 Å². The monoisotopic (exact) mass is 329 g/mol. The Hall–Kier alpha value is -1.96. The van der Waals surface area contributed by atoms with Crippen LogP contribution in [-0.4, -0.2) is 24.2 Å². The molecule has 1 heterocycles. The molecule has 0 aliphatic carbocycles. The molecule has 0 saturated heterocycles. The van der Waals surface area contributed by atoms with E-state index in [-0.39, 0.29) is 5.95 Å². The first-order valence-electron chi connectivity index (χ1n) is 5.76. The highest BCUT2D eigenvalue weighted by Gasteiger charge is 2.13. The zero-order valence-corrected chi connectivity index (χ0v) is 12.8. The second-order valence-corrected chi connectivity index (χ2v) is 4.66. The Morgan fingerprint density at radius 1 is 1.10 bits per heavy atom. The molecule has 0 atom stereocenters. The maximum Gasteiger partial charge on any atom is 0.239 e. The average molecular weight is 330 g/mol. The number of hydrogen-bond donors (Lipinski definition) is 3.